The van der Waals surface area contributed by atoms with Crippen LogP contribution in [-0.2, 0) is 0 Å². The van der Waals surface area contributed by atoms with Crippen LogP contribution in [0.15, 0.2) is 36.5 Å². The van der Waals surface area contributed by atoms with E-state index in [1.807, 2.05) is 0 Å². The van der Waals surface area contributed by atoms with Crippen molar-refractivity contribution >= 4 is 22.6 Å². The number of nitrogens with one attached hydrogen (secondary N) is 1. The average molecular weight is 248 g/mol. The zero-order valence-electron chi connectivity index (χ0n) is 8.61. The van der Waals surface area contributed by atoms with Crippen LogP contribution in [0.5, 0.6) is 0 Å². The fourth-order valence-electron chi connectivity index (χ4n) is 1.63. The van der Waals surface area contributed by atoms with Gasteiger partial charge in [0.05, 0.1) is 10.5 Å². The SMILES string of the molecule is Fc1cccc2[nH]c(-c3ccc(Cl)cn3)nc12. The lowest BCUT2D eigenvalue weighted by Gasteiger charge is -1.94. The first kappa shape index (κ1) is 10.2. The second-order valence-electron chi connectivity index (χ2n) is 3.58. The van der Waals surface area contributed by atoms with Gasteiger partial charge in [-0.25, -0.2) is 9.37 Å². The smallest absolute Gasteiger partial charge is 0.157 e. The Kier molecular flexibility index (Phi) is 2.30. The topological polar surface area (TPSA) is 41.6 Å². The van der Waals surface area contributed by atoms with Crippen molar-refractivity contribution in [2.75, 3.05) is 0 Å². The number of hydrogen-bond acceptors (Lipinski definition) is 2. The summed E-state index contributed by atoms with van der Waals surface area (Å²) >= 11 is 5.75. The number of benzene rings is 1. The number of aromatic amines is 1. The summed E-state index contributed by atoms with van der Waals surface area (Å²) in [5.41, 5.74) is 1.60. The number of H-pyrrole nitrogens is 1. The molecule has 0 bridgehead atoms. The molecule has 5 heteroatoms. The van der Waals surface area contributed by atoms with Gasteiger partial charge < -0.3 is 4.98 Å². The fraction of sp³-hybridized carbons (Fsp3) is 0. The molecule has 3 aromatic rings. The minimum absolute atomic E-state index is 0.319. The number of hydrogen-bond donors (Lipinski definition) is 1. The van der Waals surface area contributed by atoms with Crippen LogP contribution in [0.1, 0.15) is 0 Å². The van der Waals surface area contributed by atoms with Gasteiger partial charge in [0, 0.05) is 6.20 Å². The molecule has 0 amide bonds. The van der Waals surface area contributed by atoms with Crippen LogP contribution in [0.3, 0.4) is 0 Å². The first-order valence-corrected chi connectivity index (χ1v) is 5.38. The molecule has 2 heterocycles. The van der Waals surface area contributed by atoms with E-state index < -0.39 is 0 Å². The molecule has 0 fully saturated rings. The lowest BCUT2D eigenvalue weighted by atomic mass is 10.3. The Morgan fingerprint density at radius 2 is 2.06 bits per heavy atom. The lowest BCUT2D eigenvalue weighted by molar-refractivity contribution is 0.637. The molecule has 0 spiro atoms. The summed E-state index contributed by atoms with van der Waals surface area (Å²) in [6.45, 7) is 0. The Hall–Kier alpha value is -1.94. The Labute approximate surface area is 101 Å². The molecule has 1 aromatic carbocycles. The molecular weight excluding hydrogens is 241 g/mol. The van der Waals surface area contributed by atoms with E-state index in [4.69, 9.17) is 11.6 Å². The second-order valence-corrected chi connectivity index (χ2v) is 4.02. The standard InChI is InChI=1S/C12H7ClFN3/c13-7-4-5-10(15-6-7)12-16-9-3-1-2-8(14)11(9)17-12/h1-6H,(H,16,17). The molecular formula is C12H7ClFN3. The summed E-state index contributed by atoms with van der Waals surface area (Å²) in [4.78, 5) is 11.3. The van der Waals surface area contributed by atoms with Crippen LogP contribution in [-0.4, -0.2) is 15.0 Å². The van der Waals surface area contributed by atoms with Gasteiger partial charge in [0.1, 0.15) is 11.2 Å². The van der Waals surface area contributed by atoms with Crippen LogP contribution >= 0.6 is 11.6 Å². The third-order valence-electron chi connectivity index (χ3n) is 2.43. The Morgan fingerprint density at radius 1 is 1.18 bits per heavy atom. The van der Waals surface area contributed by atoms with Gasteiger partial charge in [-0.1, -0.05) is 17.7 Å². The normalized spacial score (nSPS) is 10.9. The number of aromatic nitrogens is 3. The minimum atomic E-state index is -0.348. The summed E-state index contributed by atoms with van der Waals surface area (Å²) in [7, 11) is 0. The van der Waals surface area contributed by atoms with Gasteiger partial charge in [-0.05, 0) is 24.3 Å². The maximum absolute atomic E-state index is 13.5. The molecule has 2 aromatic heterocycles. The summed E-state index contributed by atoms with van der Waals surface area (Å²) in [5.74, 6) is 0.181. The van der Waals surface area contributed by atoms with Crippen molar-refractivity contribution in [3.8, 4) is 11.5 Å². The molecule has 0 aliphatic heterocycles. The number of pyridine rings is 1. The van der Waals surface area contributed by atoms with E-state index >= 15 is 0 Å². The first-order chi connectivity index (χ1) is 8.24. The lowest BCUT2D eigenvalue weighted by Crippen LogP contribution is -1.84. The quantitative estimate of drug-likeness (QED) is 0.716. The highest BCUT2D eigenvalue weighted by Crippen LogP contribution is 2.21. The number of rotatable bonds is 1. The van der Waals surface area contributed by atoms with E-state index in [-0.39, 0.29) is 5.82 Å². The van der Waals surface area contributed by atoms with Gasteiger partial charge in [0.15, 0.2) is 11.6 Å². The molecule has 0 atom stereocenters. The van der Waals surface area contributed by atoms with Gasteiger partial charge in [-0.3, -0.25) is 4.98 Å². The number of para-hydroxylation sites is 1. The van der Waals surface area contributed by atoms with Gasteiger partial charge in [0.25, 0.3) is 0 Å². The van der Waals surface area contributed by atoms with Gasteiger partial charge in [-0.2, -0.15) is 0 Å². The number of imidazole rings is 1. The molecule has 0 saturated carbocycles. The maximum Gasteiger partial charge on any atom is 0.157 e. The number of halogens is 2. The van der Waals surface area contributed by atoms with Crippen LogP contribution in [0.2, 0.25) is 5.02 Å². The highest BCUT2D eigenvalue weighted by molar-refractivity contribution is 6.30. The molecule has 3 rings (SSSR count). The number of fused-ring (bicyclic) bond motifs is 1. The summed E-state index contributed by atoms with van der Waals surface area (Å²) < 4.78 is 13.5. The minimum Gasteiger partial charge on any atom is -0.337 e. The Morgan fingerprint density at radius 3 is 2.76 bits per heavy atom. The van der Waals surface area contributed by atoms with E-state index in [9.17, 15) is 4.39 Å². The predicted octanol–water partition coefficient (Wildman–Crippen LogP) is 3.42. The largest absolute Gasteiger partial charge is 0.337 e. The molecule has 1 N–H and O–H groups in total. The van der Waals surface area contributed by atoms with Crippen LogP contribution in [0, 0.1) is 5.82 Å². The third-order valence-corrected chi connectivity index (χ3v) is 2.66. The summed E-state index contributed by atoms with van der Waals surface area (Å²) in [5, 5.41) is 0.552. The maximum atomic E-state index is 13.5. The summed E-state index contributed by atoms with van der Waals surface area (Å²) in [6.07, 6.45) is 1.53. The van der Waals surface area contributed by atoms with Crippen molar-refractivity contribution in [2.24, 2.45) is 0 Å². The van der Waals surface area contributed by atoms with E-state index in [1.165, 1.54) is 12.3 Å². The van der Waals surface area contributed by atoms with Crippen molar-refractivity contribution in [2.45, 2.75) is 0 Å². The summed E-state index contributed by atoms with van der Waals surface area (Å²) in [6, 6.07) is 8.23. The van der Waals surface area contributed by atoms with Gasteiger partial charge in [0.2, 0.25) is 0 Å². The van der Waals surface area contributed by atoms with Crippen molar-refractivity contribution in [1.82, 2.24) is 15.0 Å². The van der Waals surface area contributed by atoms with Gasteiger partial charge >= 0.3 is 0 Å². The first-order valence-electron chi connectivity index (χ1n) is 5.00. The highest BCUT2D eigenvalue weighted by atomic mass is 35.5. The Bertz CT molecular complexity index is 676. The molecule has 0 radical (unpaired) electrons. The van der Waals surface area contributed by atoms with E-state index in [0.717, 1.165) is 0 Å². The molecule has 0 aliphatic carbocycles. The zero-order valence-corrected chi connectivity index (χ0v) is 9.37. The second kappa shape index (κ2) is 3.82. The van der Waals surface area contributed by atoms with E-state index in [0.29, 0.717) is 27.6 Å². The van der Waals surface area contributed by atoms with Crippen molar-refractivity contribution in [3.05, 3.63) is 47.4 Å². The molecule has 0 aliphatic rings. The van der Waals surface area contributed by atoms with Crippen LogP contribution < -0.4 is 0 Å². The fourth-order valence-corrected chi connectivity index (χ4v) is 1.75. The van der Waals surface area contributed by atoms with Crippen LogP contribution in [0.25, 0.3) is 22.6 Å². The molecule has 3 nitrogen and oxygen atoms in total. The van der Waals surface area contributed by atoms with Crippen molar-refractivity contribution in [1.29, 1.82) is 0 Å². The van der Waals surface area contributed by atoms with Crippen molar-refractivity contribution < 1.29 is 4.39 Å². The van der Waals surface area contributed by atoms with Gasteiger partial charge in [-0.15, -0.1) is 0 Å². The molecule has 0 saturated heterocycles. The molecule has 17 heavy (non-hydrogen) atoms. The monoisotopic (exact) mass is 247 g/mol. The van der Waals surface area contributed by atoms with E-state index in [1.54, 1.807) is 24.3 Å². The van der Waals surface area contributed by atoms with E-state index in [2.05, 4.69) is 15.0 Å². The van der Waals surface area contributed by atoms with Crippen molar-refractivity contribution in [3.63, 3.8) is 0 Å². The Balaban J connectivity index is 2.18. The molecule has 0 unspecified atom stereocenters. The highest BCUT2D eigenvalue weighted by Gasteiger charge is 2.09. The molecule has 84 valence electrons. The van der Waals surface area contributed by atoms with Crippen LogP contribution in [0.4, 0.5) is 4.39 Å². The third kappa shape index (κ3) is 1.76. The zero-order chi connectivity index (χ0) is 11.8. The predicted molar refractivity (Wildman–Crippen MR) is 64.3 cm³/mol. The average Bonchev–Trinajstić information content (AvgIpc) is 2.75. The number of nitrogens with zero attached hydrogens (tertiary/aromatic N) is 2.